The quantitative estimate of drug-likeness (QED) is 0.660. The average molecular weight is 404 g/mol. The fourth-order valence-corrected chi connectivity index (χ4v) is 3.99. The highest BCUT2D eigenvalue weighted by molar-refractivity contribution is 7.89. The number of carbonyl (C=O) groups is 1. The first-order valence-corrected chi connectivity index (χ1v) is 9.79. The van der Waals surface area contributed by atoms with Gasteiger partial charge < -0.3 is 11.1 Å². The molecule has 6 nitrogen and oxygen atoms in total. The molecule has 0 saturated carbocycles. The number of nitrogens with two attached hydrogens (primary N) is 1. The fraction of sp³-hybridized carbons (Fsp3) is 0.312. The Balaban J connectivity index is 0.00000312. The number of hydrogen-bond donors (Lipinski definition) is 3. The number of benzene rings is 1. The highest BCUT2D eigenvalue weighted by Gasteiger charge is 2.31. The second-order valence-electron chi connectivity index (χ2n) is 5.77. The monoisotopic (exact) mass is 403 g/mol. The second kappa shape index (κ2) is 8.77. The van der Waals surface area contributed by atoms with E-state index in [9.17, 15) is 13.2 Å². The van der Waals surface area contributed by atoms with E-state index in [2.05, 4.69) is 10.0 Å². The molecule has 9 heteroatoms. The third kappa shape index (κ3) is 5.26. The molecule has 0 spiro atoms. The van der Waals surface area contributed by atoms with Crippen molar-refractivity contribution in [3.63, 3.8) is 0 Å². The highest BCUT2D eigenvalue weighted by atomic mass is 35.5. The van der Waals surface area contributed by atoms with Crippen LogP contribution >= 0.6 is 23.7 Å². The molecule has 0 aliphatic rings. The Labute approximate surface area is 158 Å². The molecule has 2 aromatic rings. The van der Waals surface area contributed by atoms with Gasteiger partial charge in [0.05, 0.1) is 10.3 Å². The highest BCUT2D eigenvalue weighted by Crippen LogP contribution is 2.29. The van der Waals surface area contributed by atoms with Crippen molar-refractivity contribution in [1.82, 2.24) is 4.72 Å². The van der Waals surface area contributed by atoms with E-state index < -0.39 is 15.4 Å². The van der Waals surface area contributed by atoms with Gasteiger partial charge in [0.25, 0.3) is 0 Å². The molecular formula is C16H22ClN3O3S2. The van der Waals surface area contributed by atoms with E-state index in [-0.39, 0.29) is 36.3 Å². The molecule has 1 aromatic heterocycles. The number of hydrogen-bond acceptors (Lipinski definition) is 5. The number of halogens is 1. The Hall–Kier alpha value is -1.45. The van der Waals surface area contributed by atoms with E-state index in [4.69, 9.17) is 5.73 Å². The molecule has 2 rings (SSSR count). The van der Waals surface area contributed by atoms with Crippen LogP contribution in [0.5, 0.6) is 0 Å². The van der Waals surface area contributed by atoms with Crippen molar-refractivity contribution in [3.05, 3.63) is 46.7 Å². The predicted molar refractivity (Wildman–Crippen MR) is 104 cm³/mol. The molecule has 0 fully saturated rings. The SMILES string of the molecule is CC(C)(C(=O)Nc1cccc(S(=O)(=O)NCCN)c1)c1cccs1.Cl. The summed E-state index contributed by atoms with van der Waals surface area (Å²) in [6, 6.07) is 9.95. The average Bonchev–Trinajstić information content (AvgIpc) is 3.08. The number of rotatable bonds is 7. The maximum Gasteiger partial charge on any atom is 0.240 e. The third-order valence-corrected chi connectivity index (χ3v) is 6.20. The summed E-state index contributed by atoms with van der Waals surface area (Å²) >= 11 is 1.51. The standard InChI is InChI=1S/C16H21N3O3S2.ClH/c1-16(2,14-7-4-10-23-14)15(20)19-12-5-3-6-13(11-12)24(21,22)18-9-8-17;/h3-7,10-11,18H,8-9,17H2,1-2H3,(H,19,20);1H. The summed E-state index contributed by atoms with van der Waals surface area (Å²) in [6.45, 7) is 4.03. The lowest BCUT2D eigenvalue weighted by molar-refractivity contribution is -0.120. The molecular weight excluding hydrogens is 382 g/mol. The lowest BCUT2D eigenvalue weighted by Crippen LogP contribution is -2.34. The first kappa shape index (κ1) is 21.6. The van der Waals surface area contributed by atoms with Gasteiger partial charge in [0.2, 0.25) is 15.9 Å². The molecule has 0 bridgehead atoms. The van der Waals surface area contributed by atoms with Gasteiger partial charge in [0.15, 0.2) is 0 Å². The maximum atomic E-state index is 12.6. The van der Waals surface area contributed by atoms with Gasteiger partial charge in [-0.1, -0.05) is 12.1 Å². The van der Waals surface area contributed by atoms with E-state index in [0.717, 1.165) is 4.88 Å². The Morgan fingerprint density at radius 1 is 1.24 bits per heavy atom. The molecule has 1 amide bonds. The number of nitrogens with one attached hydrogen (secondary N) is 2. The molecule has 138 valence electrons. The Morgan fingerprint density at radius 2 is 1.96 bits per heavy atom. The summed E-state index contributed by atoms with van der Waals surface area (Å²) < 4.78 is 26.7. The predicted octanol–water partition coefficient (Wildman–Crippen LogP) is 2.32. The maximum absolute atomic E-state index is 12.6. The molecule has 1 aromatic carbocycles. The molecule has 0 radical (unpaired) electrons. The van der Waals surface area contributed by atoms with Gasteiger partial charge in [-0.05, 0) is 43.5 Å². The first-order chi connectivity index (χ1) is 11.3. The minimum atomic E-state index is -3.64. The Kier molecular flexibility index (Phi) is 7.58. The second-order valence-corrected chi connectivity index (χ2v) is 8.49. The van der Waals surface area contributed by atoms with E-state index >= 15 is 0 Å². The van der Waals surface area contributed by atoms with Crippen LogP contribution in [0.2, 0.25) is 0 Å². The zero-order chi connectivity index (χ0) is 17.8. The normalized spacial score (nSPS) is 11.6. The number of amides is 1. The van der Waals surface area contributed by atoms with Crippen molar-refractivity contribution in [2.75, 3.05) is 18.4 Å². The number of anilines is 1. The van der Waals surface area contributed by atoms with Gasteiger partial charge in [-0.2, -0.15) is 0 Å². The molecule has 4 N–H and O–H groups in total. The zero-order valence-corrected chi connectivity index (χ0v) is 16.4. The van der Waals surface area contributed by atoms with E-state index in [1.165, 1.54) is 23.5 Å². The minimum Gasteiger partial charge on any atom is -0.329 e. The van der Waals surface area contributed by atoms with Crippen LogP contribution in [0.1, 0.15) is 18.7 Å². The van der Waals surface area contributed by atoms with Crippen LogP contribution in [0.3, 0.4) is 0 Å². The first-order valence-electron chi connectivity index (χ1n) is 7.42. The third-order valence-electron chi connectivity index (χ3n) is 3.54. The summed E-state index contributed by atoms with van der Waals surface area (Å²) in [5, 5.41) is 4.71. The van der Waals surface area contributed by atoms with E-state index in [1.807, 2.05) is 31.4 Å². The van der Waals surface area contributed by atoms with Gasteiger partial charge in [0, 0.05) is 23.7 Å². The smallest absolute Gasteiger partial charge is 0.240 e. The molecule has 0 saturated heterocycles. The summed E-state index contributed by atoms with van der Waals surface area (Å²) in [4.78, 5) is 13.6. The molecule has 0 atom stereocenters. The van der Waals surface area contributed by atoms with Crippen LogP contribution in [0.4, 0.5) is 5.69 Å². The van der Waals surface area contributed by atoms with Crippen molar-refractivity contribution in [2.24, 2.45) is 5.73 Å². The minimum absolute atomic E-state index is 0. The number of thiophene rings is 1. The lowest BCUT2D eigenvalue weighted by Gasteiger charge is -2.22. The molecule has 0 unspecified atom stereocenters. The van der Waals surface area contributed by atoms with E-state index in [1.54, 1.807) is 12.1 Å². The summed E-state index contributed by atoms with van der Waals surface area (Å²) in [6.07, 6.45) is 0. The van der Waals surface area contributed by atoms with E-state index in [0.29, 0.717) is 5.69 Å². The van der Waals surface area contributed by atoms with Crippen molar-refractivity contribution < 1.29 is 13.2 Å². The van der Waals surface area contributed by atoms with Crippen LogP contribution in [-0.2, 0) is 20.2 Å². The van der Waals surface area contributed by atoms with Crippen LogP contribution in [0.25, 0.3) is 0 Å². The zero-order valence-electron chi connectivity index (χ0n) is 14.0. The van der Waals surface area contributed by atoms with Crippen LogP contribution in [0, 0.1) is 0 Å². The van der Waals surface area contributed by atoms with Crippen LogP contribution in [-0.4, -0.2) is 27.4 Å². The molecule has 25 heavy (non-hydrogen) atoms. The van der Waals surface area contributed by atoms with Crippen molar-refractivity contribution in [3.8, 4) is 0 Å². The summed E-state index contributed by atoms with van der Waals surface area (Å²) in [7, 11) is -3.64. The van der Waals surface area contributed by atoms with Gasteiger partial charge >= 0.3 is 0 Å². The Morgan fingerprint density at radius 3 is 2.56 bits per heavy atom. The number of carbonyl (C=O) groups excluding carboxylic acids is 1. The fourth-order valence-electron chi connectivity index (χ4n) is 2.05. The molecule has 1 heterocycles. The van der Waals surface area contributed by atoms with Gasteiger partial charge in [0.1, 0.15) is 0 Å². The molecule has 0 aliphatic heterocycles. The molecule has 0 aliphatic carbocycles. The van der Waals surface area contributed by atoms with Gasteiger partial charge in [-0.3, -0.25) is 4.79 Å². The summed E-state index contributed by atoms with van der Waals surface area (Å²) in [5.41, 5.74) is 5.04. The van der Waals surface area contributed by atoms with Crippen molar-refractivity contribution >= 4 is 45.4 Å². The van der Waals surface area contributed by atoms with Crippen molar-refractivity contribution in [2.45, 2.75) is 24.2 Å². The van der Waals surface area contributed by atoms with Gasteiger partial charge in [-0.15, -0.1) is 23.7 Å². The van der Waals surface area contributed by atoms with Crippen LogP contribution in [0.15, 0.2) is 46.7 Å². The Bertz CT molecular complexity index is 806. The van der Waals surface area contributed by atoms with Gasteiger partial charge in [-0.25, -0.2) is 13.1 Å². The van der Waals surface area contributed by atoms with Crippen LogP contribution < -0.4 is 15.8 Å². The lowest BCUT2D eigenvalue weighted by atomic mass is 9.90. The summed E-state index contributed by atoms with van der Waals surface area (Å²) in [5.74, 6) is -0.200. The topological polar surface area (TPSA) is 101 Å². The number of sulfonamides is 1. The largest absolute Gasteiger partial charge is 0.329 e. The van der Waals surface area contributed by atoms with Crippen molar-refractivity contribution in [1.29, 1.82) is 0 Å².